The summed E-state index contributed by atoms with van der Waals surface area (Å²) in [6.45, 7) is 0. The van der Waals surface area contributed by atoms with Gasteiger partial charge < -0.3 is 0 Å². The van der Waals surface area contributed by atoms with Crippen LogP contribution in [0.3, 0.4) is 0 Å². The molecule has 2 aromatic carbocycles. The molecule has 104 valence electrons. The number of hydrogen-bond acceptors (Lipinski definition) is 3. The molecule has 0 saturated carbocycles. The van der Waals surface area contributed by atoms with Gasteiger partial charge in [0.15, 0.2) is 0 Å². The summed E-state index contributed by atoms with van der Waals surface area (Å²) >= 11 is 4.60. The summed E-state index contributed by atoms with van der Waals surface area (Å²) in [4.78, 5) is 26.6. The fourth-order valence-electron chi connectivity index (χ4n) is 3.32. The number of benzene rings is 2. The fourth-order valence-corrected chi connectivity index (χ4v) is 3.75. The lowest BCUT2D eigenvalue weighted by molar-refractivity contribution is 0.0582. The van der Waals surface area contributed by atoms with Gasteiger partial charge in [-0.2, -0.15) is 12.6 Å². The number of rotatable bonds is 1. The predicted octanol–water partition coefficient (Wildman–Crippen LogP) is 3.40. The number of hydrogen-bond donors (Lipinski definition) is 1. The van der Waals surface area contributed by atoms with Gasteiger partial charge in [-0.3, -0.25) is 14.5 Å². The number of nitrogens with zero attached hydrogens (tertiary/aromatic N) is 1. The molecule has 4 heteroatoms. The molecule has 1 aliphatic carbocycles. The standard InChI is InChI=1S/C17H13NO2S/c19-16-12-7-3-4-8-13(12)17(20)18(16)14-9-15(21)11-6-2-1-5-10(11)14/h1-8,14-15,21H,9H2/t14-,15-/m1/s1. The third kappa shape index (κ3) is 1.69. The maximum absolute atomic E-state index is 12.6. The molecular weight excluding hydrogens is 282 g/mol. The first kappa shape index (κ1) is 12.7. The first-order chi connectivity index (χ1) is 10.2. The summed E-state index contributed by atoms with van der Waals surface area (Å²) in [6, 6.07) is 14.7. The van der Waals surface area contributed by atoms with Crippen molar-refractivity contribution in [2.75, 3.05) is 0 Å². The highest BCUT2D eigenvalue weighted by Crippen LogP contribution is 2.47. The second-order valence-electron chi connectivity index (χ2n) is 5.42. The zero-order valence-electron chi connectivity index (χ0n) is 11.2. The third-order valence-electron chi connectivity index (χ3n) is 4.30. The van der Waals surface area contributed by atoms with Crippen LogP contribution in [0.15, 0.2) is 48.5 Å². The average molecular weight is 295 g/mol. The SMILES string of the molecule is O=C1c2ccccc2C(=O)N1[C@@H]1C[C@@H](S)c2ccccc21. The van der Waals surface area contributed by atoms with Crippen molar-refractivity contribution < 1.29 is 9.59 Å². The van der Waals surface area contributed by atoms with Gasteiger partial charge in [-0.15, -0.1) is 0 Å². The van der Waals surface area contributed by atoms with Gasteiger partial charge in [-0.25, -0.2) is 0 Å². The molecule has 0 unspecified atom stereocenters. The van der Waals surface area contributed by atoms with Crippen LogP contribution in [-0.2, 0) is 0 Å². The number of thiol groups is 1. The van der Waals surface area contributed by atoms with E-state index in [0.717, 1.165) is 11.1 Å². The summed E-state index contributed by atoms with van der Waals surface area (Å²) in [5, 5.41) is 0.0653. The summed E-state index contributed by atoms with van der Waals surface area (Å²) in [7, 11) is 0. The molecule has 2 aliphatic rings. The molecule has 0 radical (unpaired) electrons. The van der Waals surface area contributed by atoms with Crippen LogP contribution in [-0.4, -0.2) is 16.7 Å². The first-order valence-corrected chi connectivity index (χ1v) is 7.44. The van der Waals surface area contributed by atoms with Crippen LogP contribution in [0.5, 0.6) is 0 Å². The number of fused-ring (bicyclic) bond motifs is 2. The molecule has 0 aromatic heterocycles. The Bertz CT molecular complexity index is 736. The van der Waals surface area contributed by atoms with Crippen LogP contribution in [0.2, 0.25) is 0 Å². The van der Waals surface area contributed by atoms with Gasteiger partial charge in [0.25, 0.3) is 11.8 Å². The minimum absolute atomic E-state index is 0.0653. The Labute approximate surface area is 128 Å². The molecule has 0 fully saturated rings. The Morgan fingerprint density at radius 3 is 2.00 bits per heavy atom. The summed E-state index contributed by atoms with van der Waals surface area (Å²) in [5.74, 6) is -0.393. The zero-order chi connectivity index (χ0) is 14.6. The van der Waals surface area contributed by atoms with E-state index in [1.54, 1.807) is 24.3 Å². The molecule has 2 amide bonds. The van der Waals surface area contributed by atoms with E-state index < -0.39 is 0 Å². The smallest absolute Gasteiger partial charge is 0.262 e. The molecule has 2 atom stereocenters. The topological polar surface area (TPSA) is 37.4 Å². The molecule has 0 saturated heterocycles. The van der Waals surface area contributed by atoms with Crippen LogP contribution >= 0.6 is 12.6 Å². The van der Waals surface area contributed by atoms with E-state index in [-0.39, 0.29) is 23.1 Å². The van der Waals surface area contributed by atoms with Crippen molar-refractivity contribution in [2.45, 2.75) is 17.7 Å². The summed E-state index contributed by atoms with van der Waals surface area (Å²) in [5.41, 5.74) is 3.15. The third-order valence-corrected chi connectivity index (χ3v) is 4.79. The van der Waals surface area contributed by atoms with Crippen LogP contribution in [0.1, 0.15) is 49.6 Å². The molecule has 3 nitrogen and oxygen atoms in total. The summed E-state index contributed by atoms with van der Waals surface area (Å²) < 4.78 is 0. The molecule has 0 spiro atoms. The second-order valence-corrected chi connectivity index (χ2v) is 6.05. The molecule has 21 heavy (non-hydrogen) atoms. The van der Waals surface area contributed by atoms with Crippen molar-refractivity contribution in [3.05, 3.63) is 70.8 Å². The van der Waals surface area contributed by atoms with Gasteiger partial charge in [0.2, 0.25) is 0 Å². The van der Waals surface area contributed by atoms with E-state index >= 15 is 0 Å². The molecule has 0 N–H and O–H groups in total. The monoisotopic (exact) mass is 295 g/mol. The lowest BCUT2D eigenvalue weighted by Gasteiger charge is -2.23. The van der Waals surface area contributed by atoms with E-state index in [4.69, 9.17) is 0 Å². The highest BCUT2D eigenvalue weighted by atomic mass is 32.1. The van der Waals surface area contributed by atoms with Crippen molar-refractivity contribution in [1.82, 2.24) is 4.90 Å². The number of amides is 2. The van der Waals surface area contributed by atoms with Crippen LogP contribution in [0.4, 0.5) is 0 Å². The largest absolute Gasteiger partial charge is 0.269 e. The van der Waals surface area contributed by atoms with Gasteiger partial charge in [-0.05, 0) is 29.7 Å². The van der Waals surface area contributed by atoms with E-state index in [1.807, 2.05) is 24.3 Å². The summed E-state index contributed by atoms with van der Waals surface area (Å²) in [6.07, 6.45) is 0.675. The number of carbonyl (C=O) groups excluding carboxylic acids is 2. The van der Waals surface area contributed by atoms with Gasteiger partial charge in [0.05, 0.1) is 17.2 Å². The quantitative estimate of drug-likeness (QED) is 0.647. The Balaban J connectivity index is 1.80. The minimum atomic E-state index is -0.212. The first-order valence-electron chi connectivity index (χ1n) is 6.92. The van der Waals surface area contributed by atoms with E-state index in [1.165, 1.54) is 4.90 Å². The van der Waals surface area contributed by atoms with Crippen LogP contribution < -0.4 is 0 Å². The van der Waals surface area contributed by atoms with Crippen molar-refractivity contribution in [1.29, 1.82) is 0 Å². The molecular formula is C17H13NO2S. The highest BCUT2D eigenvalue weighted by molar-refractivity contribution is 7.80. The molecule has 0 bridgehead atoms. The lowest BCUT2D eigenvalue weighted by atomic mass is 10.1. The number of imide groups is 1. The van der Waals surface area contributed by atoms with Crippen LogP contribution in [0.25, 0.3) is 0 Å². The van der Waals surface area contributed by atoms with Gasteiger partial charge >= 0.3 is 0 Å². The van der Waals surface area contributed by atoms with Gasteiger partial charge in [0.1, 0.15) is 0 Å². The van der Waals surface area contributed by atoms with Gasteiger partial charge in [0, 0.05) is 5.25 Å². The Morgan fingerprint density at radius 2 is 1.38 bits per heavy atom. The fraction of sp³-hybridized carbons (Fsp3) is 0.176. The Hall–Kier alpha value is -2.07. The predicted molar refractivity (Wildman–Crippen MR) is 82.5 cm³/mol. The van der Waals surface area contributed by atoms with E-state index in [2.05, 4.69) is 12.6 Å². The Morgan fingerprint density at radius 1 is 0.857 bits per heavy atom. The lowest BCUT2D eigenvalue weighted by Crippen LogP contribution is -2.33. The maximum Gasteiger partial charge on any atom is 0.262 e. The van der Waals surface area contributed by atoms with E-state index in [0.29, 0.717) is 17.5 Å². The molecule has 2 aromatic rings. The van der Waals surface area contributed by atoms with Gasteiger partial charge in [-0.1, -0.05) is 36.4 Å². The molecule has 4 rings (SSSR count). The van der Waals surface area contributed by atoms with Crippen molar-refractivity contribution in [3.8, 4) is 0 Å². The van der Waals surface area contributed by atoms with Crippen molar-refractivity contribution in [3.63, 3.8) is 0 Å². The second kappa shape index (κ2) is 4.46. The maximum atomic E-state index is 12.6. The Kier molecular flexibility index (Phi) is 2.69. The number of carbonyl (C=O) groups is 2. The molecule has 1 heterocycles. The average Bonchev–Trinajstić information content (AvgIpc) is 2.96. The van der Waals surface area contributed by atoms with Crippen LogP contribution in [0, 0.1) is 0 Å². The van der Waals surface area contributed by atoms with Crippen molar-refractivity contribution >= 4 is 24.4 Å². The highest BCUT2D eigenvalue weighted by Gasteiger charge is 2.44. The zero-order valence-corrected chi connectivity index (χ0v) is 12.1. The normalized spacial score (nSPS) is 23.4. The van der Waals surface area contributed by atoms with E-state index in [9.17, 15) is 9.59 Å². The molecule has 1 aliphatic heterocycles. The minimum Gasteiger partial charge on any atom is -0.269 e. The van der Waals surface area contributed by atoms with Crippen molar-refractivity contribution in [2.24, 2.45) is 0 Å².